The van der Waals surface area contributed by atoms with Crippen LogP contribution in [0.15, 0.2) is 30.6 Å². The Morgan fingerprint density at radius 3 is 2.90 bits per heavy atom. The highest BCUT2D eigenvalue weighted by Crippen LogP contribution is 2.28. The molecule has 0 radical (unpaired) electrons. The van der Waals surface area contributed by atoms with Crippen molar-refractivity contribution in [2.75, 3.05) is 6.54 Å². The normalized spacial score (nSPS) is 12.6. The summed E-state index contributed by atoms with van der Waals surface area (Å²) in [6.07, 6.45) is 5.58. The van der Waals surface area contributed by atoms with Crippen LogP contribution in [-0.4, -0.2) is 16.3 Å². The van der Waals surface area contributed by atoms with Crippen LogP contribution in [0.2, 0.25) is 5.02 Å². The predicted molar refractivity (Wildman–Crippen MR) is 79.4 cm³/mol. The molecule has 0 amide bonds. The number of nitrogens with one attached hydrogen (secondary N) is 1. The minimum Gasteiger partial charge on any atom is -0.310 e. The molecule has 2 rings (SSSR count). The van der Waals surface area contributed by atoms with Gasteiger partial charge in [-0.1, -0.05) is 30.7 Å². The molecule has 0 spiro atoms. The zero-order chi connectivity index (χ0) is 14.5. The second-order valence-electron chi connectivity index (χ2n) is 4.81. The number of nitrogens with zero attached hydrogens (tertiary/aromatic N) is 2. The minimum atomic E-state index is -0.367. The van der Waals surface area contributed by atoms with E-state index in [9.17, 15) is 4.39 Å². The summed E-state index contributed by atoms with van der Waals surface area (Å²) in [5.74, 6) is -0.367. The zero-order valence-electron chi connectivity index (χ0n) is 11.7. The summed E-state index contributed by atoms with van der Waals surface area (Å²) in [5, 5.41) is 7.73. The Labute approximate surface area is 123 Å². The van der Waals surface area contributed by atoms with Crippen molar-refractivity contribution >= 4 is 11.6 Å². The standard InChI is InChI=1S/C15H19ClFN3/c1-3-18-14(8-7-11-9-19-20(2)10-11)12-5-4-6-13(17)15(12)16/h4-6,9-10,14,18H,3,7-8H2,1-2H3. The molecule has 1 unspecified atom stereocenters. The first-order valence-corrected chi connectivity index (χ1v) is 7.14. The molecule has 1 aromatic carbocycles. The highest BCUT2D eigenvalue weighted by Gasteiger charge is 2.16. The Bertz CT molecular complexity index is 568. The first-order chi connectivity index (χ1) is 9.61. The van der Waals surface area contributed by atoms with Gasteiger partial charge in [0.25, 0.3) is 0 Å². The Hall–Kier alpha value is -1.39. The maximum absolute atomic E-state index is 13.6. The number of aryl methyl sites for hydroxylation is 2. The highest BCUT2D eigenvalue weighted by molar-refractivity contribution is 6.31. The molecule has 1 atom stereocenters. The van der Waals surface area contributed by atoms with Gasteiger partial charge < -0.3 is 5.32 Å². The van der Waals surface area contributed by atoms with Gasteiger partial charge in [-0.25, -0.2) is 4.39 Å². The first kappa shape index (κ1) is 15.0. The second-order valence-corrected chi connectivity index (χ2v) is 5.19. The SMILES string of the molecule is CCNC(CCc1cnn(C)c1)c1cccc(F)c1Cl. The van der Waals surface area contributed by atoms with Gasteiger partial charge in [0.2, 0.25) is 0 Å². The van der Waals surface area contributed by atoms with Crippen LogP contribution in [0.25, 0.3) is 0 Å². The maximum Gasteiger partial charge on any atom is 0.142 e. The zero-order valence-corrected chi connectivity index (χ0v) is 12.5. The molecule has 0 saturated carbocycles. The third-order valence-electron chi connectivity index (χ3n) is 3.29. The molecule has 3 nitrogen and oxygen atoms in total. The summed E-state index contributed by atoms with van der Waals surface area (Å²) in [7, 11) is 1.90. The molecule has 1 heterocycles. The van der Waals surface area contributed by atoms with E-state index in [4.69, 9.17) is 11.6 Å². The molecule has 0 saturated heterocycles. The summed E-state index contributed by atoms with van der Waals surface area (Å²) in [6.45, 7) is 2.84. The van der Waals surface area contributed by atoms with Crippen LogP contribution in [0.5, 0.6) is 0 Å². The molecule has 1 N–H and O–H groups in total. The van der Waals surface area contributed by atoms with Crippen molar-refractivity contribution < 1.29 is 4.39 Å². The lowest BCUT2D eigenvalue weighted by Crippen LogP contribution is -2.22. The number of halogens is 2. The fourth-order valence-corrected chi connectivity index (χ4v) is 2.57. The van der Waals surface area contributed by atoms with Crippen molar-refractivity contribution in [3.05, 3.63) is 52.6 Å². The van der Waals surface area contributed by atoms with Crippen LogP contribution in [-0.2, 0) is 13.5 Å². The van der Waals surface area contributed by atoms with Crippen molar-refractivity contribution in [1.82, 2.24) is 15.1 Å². The summed E-state index contributed by atoms with van der Waals surface area (Å²) >= 11 is 6.08. The molecule has 0 fully saturated rings. The van der Waals surface area contributed by atoms with Gasteiger partial charge in [0.1, 0.15) is 5.82 Å². The number of hydrogen-bond acceptors (Lipinski definition) is 2. The van der Waals surface area contributed by atoms with Crippen LogP contribution in [0.4, 0.5) is 4.39 Å². The molecule has 0 aliphatic rings. The molecule has 5 heteroatoms. The van der Waals surface area contributed by atoms with Crippen LogP contribution in [0.1, 0.15) is 30.5 Å². The van der Waals surface area contributed by atoms with Crippen LogP contribution in [0, 0.1) is 5.82 Å². The summed E-state index contributed by atoms with van der Waals surface area (Å²) in [6, 6.07) is 5.01. The maximum atomic E-state index is 13.6. The smallest absolute Gasteiger partial charge is 0.142 e. The third-order valence-corrected chi connectivity index (χ3v) is 3.69. The third kappa shape index (κ3) is 3.58. The van der Waals surface area contributed by atoms with Crippen molar-refractivity contribution in [2.24, 2.45) is 7.05 Å². The number of hydrogen-bond donors (Lipinski definition) is 1. The van der Waals surface area contributed by atoms with Crippen LogP contribution in [0.3, 0.4) is 0 Å². The Balaban J connectivity index is 2.12. The number of rotatable bonds is 6. The van der Waals surface area contributed by atoms with Crippen LogP contribution >= 0.6 is 11.6 Å². The van der Waals surface area contributed by atoms with E-state index in [0.29, 0.717) is 0 Å². The Morgan fingerprint density at radius 2 is 2.25 bits per heavy atom. The fourth-order valence-electron chi connectivity index (χ4n) is 2.32. The fraction of sp³-hybridized carbons (Fsp3) is 0.400. The molecule has 2 aromatic rings. The van der Waals surface area contributed by atoms with Gasteiger partial charge in [-0.05, 0) is 36.6 Å². The van der Waals surface area contributed by atoms with Crippen molar-refractivity contribution in [3.63, 3.8) is 0 Å². The Morgan fingerprint density at radius 1 is 1.45 bits per heavy atom. The van der Waals surface area contributed by atoms with Gasteiger partial charge in [0, 0.05) is 19.3 Å². The van der Waals surface area contributed by atoms with E-state index in [1.807, 2.05) is 32.4 Å². The molecule has 0 bridgehead atoms. The van der Waals surface area contributed by atoms with Gasteiger partial charge in [-0.2, -0.15) is 5.10 Å². The molecule has 0 aliphatic carbocycles. The van der Waals surface area contributed by atoms with Gasteiger partial charge in [-0.15, -0.1) is 0 Å². The highest BCUT2D eigenvalue weighted by atomic mass is 35.5. The molecule has 0 aliphatic heterocycles. The molecular formula is C15H19ClFN3. The van der Waals surface area contributed by atoms with Gasteiger partial charge in [-0.3, -0.25) is 4.68 Å². The van der Waals surface area contributed by atoms with E-state index in [1.165, 1.54) is 11.6 Å². The number of aromatic nitrogens is 2. The summed E-state index contributed by atoms with van der Waals surface area (Å²) in [4.78, 5) is 0. The van der Waals surface area contributed by atoms with E-state index in [-0.39, 0.29) is 16.9 Å². The van der Waals surface area contributed by atoms with Crippen molar-refractivity contribution in [3.8, 4) is 0 Å². The minimum absolute atomic E-state index is 0.0448. The van der Waals surface area contributed by atoms with E-state index in [0.717, 1.165) is 24.9 Å². The quantitative estimate of drug-likeness (QED) is 0.884. The molecule has 1 aromatic heterocycles. The van der Waals surface area contributed by atoms with E-state index >= 15 is 0 Å². The van der Waals surface area contributed by atoms with Gasteiger partial charge in [0.05, 0.1) is 11.2 Å². The predicted octanol–water partition coefficient (Wildman–Crippen LogP) is 3.50. The molecule has 108 valence electrons. The first-order valence-electron chi connectivity index (χ1n) is 6.76. The lowest BCUT2D eigenvalue weighted by molar-refractivity contribution is 0.511. The molecular weight excluding hydrogens is 277 g/mol. The second kappa shape index (κ2) is 6.86. The Kier molecular flexibility index (Phi) is 5.15. The van der Waals surface area contributed by atoms with Crippen LogP contribution < -0.4 is 5.32 Å². The average Bonchev–Trinajstić information content (AvgIpc) is 2.84. The van der Waals surface area contributed by atoms with E-state index in [1.54, 1.807) is 10.7 Å². The lowest BCUT2D eigenvalue weighted by atomic mass is 10.00. The van der Waals surface area contributed by atoms with Gasteiger partial charge >= 0.3 is 0 Å². The lowest BCUT2D eigenvalue weighted by Gasteiger charge is -2.19. The van der Waals surface area contributed by atoms with Crippen molar-refractivity contribution in [2.45, 2.75) is 25.8 Å². The van der Waals surface area contributed by atoms with E-state index < -0.39 is 0 Å². The molecule has 20 heavy (non-hydrogen) atoms. The monoisotopic (exact) mass is 295 g/mol. The van der Waals surface area contributed by atoms with Gasteiger partial charge in [0.15, 0.2) is 0 Å². The number of benzene rings is 1. The van der Waals surface area contributed by atoms with E-state index in [2.05, 4.69) is 10.4 Å². The van der Waals surface area contributed by atoms with Crippen molar-refractivity contribution in [1.29, 1.82) is 0 Å². The largest absolute Gasteiger partial charge is 0.310 e. The summed E-state index contributed by atoms with van der Waals surface area (Å²) < 4.78 is 15.4. The summed E-state index contributed by atoms with van der Waals surface area (Å²) in [5.41, 5.74) is 1.99. The average molecular weight is 296 g/mol. The topological polar surface area (TPSA) is 29.9 Å².